The maximum Gasteiger partial charge on any atom is 0.342 e. The minimum Gasteiger partial charge on any atom is -0.350 e. The van der Waals surface area contributed by atoms with Crippen LogP contribution in [0.3, 0.4) is 0 Å². The fraction of sp³-hybridized carbons (Fsp3) is 0.455. The van der Waals surface area contributed by atoms with Gasteiger partial charge in [0.05, 0.1) is 5.69 Å². The SMILES string of the molecule is Cc1cc(C)n(C(=O)NC2CC3c4cccc5c4c(cn5C)CC3N(C)C2)n1. The molecule has 0 spiro atoms. The second-order valence-electron chi connectivity index (χ2n) is 8.55. The first kappa shape index (κ1) is 17.5. The summed E-state index contributed by atoms with van der Waals surface area (Å²) in [6.45, 7) is 4.70. The van der Waals surface area contributed by atoms with Crippen LogP contribution in [0.15, 0.2) is 30.5 Å². The summed E-state index contributed by atoms with van der Waals surface area (Å²) in [5.41, 5.74) is 5.92. The summed E-state index contributed by atoms with van der Waals surface area (Å²) in [7, 11) is 4.32. The number of aromatic nitrogens is 3. The molecule has 0 saturated carbocycles. The molecule has 1 aliphatic carbocycles. The molecule has 28 heavy (non-hydrogen) atoms. The summed E-state index contributed by atoms with van der Waals surface area (Å²) >= 11 is 0. The number of nitrogens with zero attached hydrogens (tertiary/aromatic N) is 4. The molecule has 146 valence electrons. The lowest BCUT2D eigenvalue weighted by atomic mass is 9.74. The first-order valence-electron chi connectivity index (χ1n) is 10.0. The van der Waals surface area contributed by atoms with Gasteiger partial charge < -0.3 is 14.8 Å². The van der Waals surface area contributed by atoms with Gasteiger partial charge in [0.1, 0.15) is 0 Å². The minimum absolute atomic E-state index is 0.114. The van der Waals surface area contributed by atoms with Gasteiger partial charge in [-0.1, -0.05) is 12.1 Å². The van der Waals surface area contributed by atoms with Gasteiger partial charge in [0.15, 0.2) is 0 Å². The highest BCUT2D eigenvalue weighted by Crippen LogP contribution is 2.43. The van der Waals surface area contributed by atoms with Crippen molar-refractivity contribution in [2.24, 2.45) is 7.05 Å². The Morgan fingerprint density at radius 2 is 2.07 bits per heavy atom. The van der Waals surface area contributed by atoms with E-state index in [0.29, 0.717) is 12.0 Å². The second kappa shape index (κ2) is 6.21. The van der Waals surface area contributed by atoms with E-state index in [1.165, 1.54) is 26.7 Å². The number of amides is 1. The smallest absolute Gasteiger partial charge is 0.342 e. The lowest BCUT2D eigenvalue weighted by molar-refractivity contribution is 0.128. The number of rotatable bonds is 1. The van der Waals surface area contributed by atoms with Crippen LogP contribution in [0.5, 0.6) is 0 Å². The number of hydrogen-bond donors (Lipinski definition) is 1. The van der Waals surface area contributed by atoms with E-state index in [4.69, 9.17) is 0 Å². The molecular weight excluding hydrogens is 350 g/mol. The summed E-state index contributed by atoms with van der Waals surface area (Å²) in [6, 6.07) is 9.06. The zero-order valence-electron chi connectivity index (χ0n) is 16.9. The highest BCUT2D eigenvalue weighted by atomic mass is 16.2. The Hall–Kier alpha value is -2.60. The number of likely N-dealkylation sites (N-methyl/N-ethyl adjacent to an activating group) is 1. The molecular formula is C22H27N5O. The number of piperidine rings is 1. The Labute approximate surface area is 165 Å². The van der Waals surface area contributed by atoms with E-state index < -0.39 is 0 Å². The largest absolute Gasteiger partial charge is 0.350 e. The zero-order chi connectivity index (χ0) is 19.6. The van der Waals surface area contributed by atoms with E-state index in [1.807, 2.05) is 19.9 Å². The van der Waals surface area contributed by atoms with Gasteiger partial charge in [-0.05, 0) is 57.0 Å². The Morgan fingerprint density at radius 3 is 2.82 bits per heavy atom. The van der Waals surface area contributed by atoms with Crippen molar-refractivity contribution in [2.45, 2.75) is 44.7 Å². The summed E-state index contributed by atoms with van der Waals surface area (Å²) in [6.07, 6.45) is 4.33. The molecule has 6 heteroatoms. The second-order valence-corrected chi connectivity index (χ2v) is 8.55. The van der Waals surface area contributed by atoms with Crippen LogP contribution in [0.1, 0.15) is 34.9 Å². The molecule has 1 aromatic carbocycles. The van der Waals surface area contributed by atoms with Crippen LogP contribution >= 0.6 is 0 Å². The van der Waals surface area contributed by atoms with Crippen LogP contribution < -0.4 is 5.32 Å². The van der Waals surface area contributed by atoms with E-state index in [9.17, 15) is 4.79 Å². The van der Waals surface area contributed by atoms with Crippen molar-refractivity contribution in [1.29, 1.82) is 0 Å². The molecule has 3 atom stereocenters. The van der Waals surface area contributed by atoms with Crippen molar-refractivity contribution in [1.82, 2.24) is 24.6 Å². The van der Waals surface area contributed by atoms with Gasteiger partial charge in [0.25, 0.3) is 0 Å². The van der Waals surface area contributed by atoms with Gasteiger partial charge in [-0.2, -0.15) is 9.78 Å². The van der Waals surface area contributed by atoms with E-state index in [-0.39, 0.29) is 12.1 Å². The van der Waals surface area contributed by atoms with Crippen LogP contribution in [0.2, 0.25) is 0 Å². The molecule has 1 aliphatic heterocycles. The van der Waals surface area contributed by atoms with E-state index in [0.717, 1.165) is 30.8 Å². The third kappa shape index (κ3) is 2.58. The summed E-state index contributed by atoms with van der Waals surface area (Å²) < 4.78 is 3.73. The maximum atomic E-state index is 12.8. The molecule has 5 rings (SSSR count). The van der Waals surface area contributed by atoms with Gasteiger partial charge in [-0.25, -0.2) is 4.79 Å². The zero-order valence-corrected chi connectivity index (χ0v) is 16.9. The lowest BCUT2D eigenvalue weighted by Crippen LogP contribution is -2.55. The van der Waals surface area contributed by atoms with Gasteiger partial charge >= 0.3 is 6.03 Å². The number of benzene rings is 1. The average Bonchev–Trinajstić information content (AvgIpc) is 3.16. The van der Waals surface area contributed by atoms with Gasteiger partial charge in [-0.15, -0.1) is 0 Å². The van der Waals surface area contributed by atoms with E-state index in [2.05, 4.69) is 58.4 Å². The highest BCUT2D eigenvalue weighted by molar-refractivity contribution is 5.89. The summed E-state index contributed by atoms with van der Waals surface area (Å²) in [5, 5.41) is 8.98. The number of aryl methyl sites for hydroxylation is 3. The first-order valence-corrected chi connectivity index (χ1v) is 10.0. The fourth-order valence-corrected chi connectivity index (χ4v) is 5.39. The molecule has 0 radical (unpaired) electrons. The predicted molar refractivity (Wildman–Crippen MR) is 110 cm³/mol. The van der Waals surface area contributed by atoms with Crippen molar-refractivity contribution in [2.75, 3.05) is 13.6 Å². The van der Waals surface area contributed by atoms with E-state index in [1.54, 1.807) is 0 Å². The average molecular weight is 377 g/mol. The van der Waals surface area contributed by atoms with Gasteiger partial charge in [-0.3, -0.25) is 0 Å². The Balaban J connectivity index is 1.45. The van der Waals surface area contributed by atoms with Crippen LogP contribution in [-0.2, 0) is 13.5 Å². The van der Waals surface area contributed by atoms with Crippen LogP contribution in [-0.4, -0.2) is 51.0 Å². The van der Waals surface area contributed by atoms with Crippen LogP contribution in [0, 0.1) is 13.8 Å². The maximum absolute atomic E-state index is 12.8. The third-order valence-corrected chi connectivity index (χ3v) is 6.56. The van der Waals surface area contributed by atoms with Gasteiger partial charge in [0.2, 0.25) is 0 Å². The quantitative estimate of drug-likeness (QED) is 0.709. The number of likely N-dealkylation sites (tertiary alicyclic amines) is 1. The first-order chi connectivity index (χ1) is 13.4. The number of carbonyl (C=O) groups is 1. The molecule has 3 aromatic rings. The molecule has 1 fully saturated rings. The highest BCUT2D eigenvalue weighted by Gasteiger charge is 2.40. The molecule has 1 N–H and O–H groups in total. The monoisotopic (exact) mass is 377 g/mol. The Morgan fingerprint density at radius 1 is 1.25 bits per heavy atom. The molecule has 2 aromatic heterocycles. The molecule has 6 nitrogen and oxygen atoms in total. The minimum atomic E-state index is -0.128. The van der Waals surface area contributed by atoms with Crippen molar-refractivity contribution < 1.29 is 4.79 Å². The molecule has 2 aliphatic rings. The molecule has 1 amide bonds. The fourth-order valence-electron chi connectivity index (χ4n) is 5.39. The number of hydrogen-bond acceptors (Lipinski definition) is 3. The topological polar surface area (TPSA) is 55.1 Å². The summed E-state index contributed by atoms with van der Waals surface area (Å²) in [5.74, 6) is 0.433. The van der Waals surface area contributed by atoms with Crippen molar-refractivity contribution in [3.8, 4) is 0 Å². The number of nitrogens with one attached hydrogen (secondary N) is 1. The van der Waals surface area contributed by atoms with Crippen LogP contribution in [0.25, 0.3) is 10.9 Å². The third-order valence-electron chi connectivity index (χ3n) is 6.56. The molecule has 3 heterocycles. The van der Waals surface area contributed by atoms with E-state index >= 15 is 0 Å². The summed E-state index contributed by atoms with van der Waals surface area (Å²) in [4.78, 5) is 15.2. The molecule has 3 unspecified atom stereocenters. The standard InChI is InChI=1S/C22H27N5O/c1-13-8-14(2)27(24-13)22(28)23-16-10-18-17-6-5-7-19-21(17)15(11-25(19)3)9-20(18)26(4)12-16/h5-8,11,16,18,20H,9-10,12H2,1-4H3,(H,23,28). The Kier molecular flexibility index (Phi) is 3.88. The van der Waals surface area contributed by atoms with Crippen molar-refractivity contribution >= 4 is 16.9 Å². The van der Waals surface area contributed by atoms with Gasteiger partial charge in [0, 0.05) is 54.4 Å². The van der Waals surface area contributed by atoms with Crippen molar-refractivity contribution in [3.63, 3.8) is 0 Å². The normalized spacial score (nSPS) is 24.4. The van der Waals surface area contributed by atoms with Crippen LogP contribution in [0.4, 0.5) is 4.79 Å². The van der Waals surface area contributed by atoms with Crippen molar-refractivity contribution in [3.05, 3.63) is 53.0 Å². The number of fused-ring (bicyclic) bond motifs is 2. The number of carbonyl (C=O) groups excluding carboxylic acids is 1. The molecule has 0 bridgehead atoms. The lowest BCUT2D eigenvalue weighted by Gasteiger charge is -2.45. The predicted octanol–water partition coefficient (Wildman–Crippen LogP) is 2.96. The molecule has 1 saturated heterocycles. The Bertz CT molecular complexity index is 1080.